The van der Waals surface area contributed by atoms with E-state index in [4.69, 9.17) is 5.73 Å². The summed E-state index contributed by atoms with van der Waals surface area (Å²) in [7, 11) is 0. The van der Waals surface area contributed by atoms with Gasteiger partial charge in [0.2, 0.25) is 5.91 Å². The molecule has 0 aliphatic rings. The lowest BCUT2D eigenvalue weighted by Crippen LogP contribution is -2.33. The van der Waals surface area contributed by atoms with Gasteiger partial charge in [0.05, 0.1) is 0 Å². The number of nitrogens with one attached hydrogen (secondary N) is 1. The maximum absolute atomic E-state index is 11.4. The molecule has 0 aliphatic carbocycles. The van der Waals surface area contributed by atoms with E-state index in [1.807, 2.05) is 0 Å². The predicted molar refractivity (Wildman–Crippen MR) is 87.4 cm³/mol. The highest BCUT2D eigenvalue weighted by Crippen LogP contribution is 2.00. The summed E-state index contributed by atoms with van der Waals surface area (Å²) in [6.45, 7) is 10.4. The van der Waals surface area contributed by atoms with E-state index in [0.29, 0.717) is 13.0 Å². The van der Waals surface area contributed by atoms with Crippen LogP contribution in [0.1, 0.15) is 46.5 Å². The van der Waals surface area contributed by atoms with Gasteiger partial charge in [0.15, 0.2) is 0 Å². The molecule has 1 atom stereocenters. The van der Waals surface area contributed by atoms with Crippen molar-refractivity contribution >= 4 is 30.7 Å². The van der Waals surface area contributed by atoms with Gasteiger partial charge in [0.1, 0.15) is 0 Å². The maximum Gasteiger partial charge on any atom is 0.220 e. The van der Waals surface area contributed by atoms with Crippen molar-refractivity contribution in [2.24, 2.45) is 5.73 Å². The van der Waals surface area contributed by atoms with Gasteiger partial charge in [-0.1, -0.05) is 13.8 Å². The summed E-state index contributed by atoms with van der Waals surface area (Å²) in [5.41, 5.74) is 5.37. The van der Waals surface area contributed by atoms with Crippen LogP contribution in [0.2, 0.25) is 0 Å². The van der Waals surface area contributed by atoms with Gasteiger partial charge in [-0.25, -0.2) is 0 Å². The third-order valence-electron chi connectivity index (χ3n) is 3.02. The predicted octanol–water partition coefficient (Wildman–Crippen LogP) is 2.20. The van der Waals surface area contributed by atoms with E-state index in [0.717, 1.165) is 38.9 Å². The van der Waals surface area contributed by atoms with Gasteiger partial charge >= 0.3 is 0 Å². The zero-order chi connectivity index (χ0) is 13.1. The molecular formula is C13H31Cl2N3O. The number of rotatable bonds is 10. The first-order chi connectivity index (χ1) is 8.13. The number of nitrogens with zero attached hydrogens (tertiary/aromatic N) is 1. The normalized spacial score (nSPS) is 11.4. The minimum absolute atomic E-state index is 0. The minimum Gasteiger partial charge on any atom is -0.354 e. The molecule has 0 aromatic heterocycles. The average Bonchev–Trinajstić information content (AvgIpc) is 2.32. The Balaban J connectivity index is -0.00000128. The number of carbonyl (C=O) groups excluding carboxylic acids is 1. The monoisotopic (exact) mass is 315 g/mol. The van der Waals surface area contributed by atoms with Gasteiger partial charge in [-0.05, 0) is 52.4 Å². The van der Waals surface area contributed by atoms with E-state index in [1.165, 1.54) is 0 Å². The van der Waals surface area contributed by atoms with Crippen LogP contribution in [0, 0.1) is 0 Å². The molecular weight excluding hydrogens is 285 g/mol. The summed E-state index contributed by atoms with van der Waals surface area (Å²) in [5, 5.41) is 3.01. The average molecular weight is 316 g/mol. The highest BCUT2D eigenvalue weighted by molar-refractivity contribution is 5.85. The minimum atomic E-state index is 0. The summed E-state index contributed by atoms with van der Waals surface area (Å²) in [6, 6.07) is 0.274. The van der Waals surface area contributed by atoms with Crippen molar-refractivity contribution in [1.29, 1.82) is 0 Å². The fourth-order valence-electron chi connectivity index (χ4n) is 1.84. The highest BCUT2D eigenvalue weighted by Gasteiger charge is 2.07. The van der Waals surface area contributed by atoms with Gasteiger partial charge in [-0.3, -0.25) is 4.79 Å². The molecule has 118 valence electrons. The fraction of sp³-hybridized carbons (Fsp3) is 0.923. The van der Waals surface area contributed by atoms with Crippen LogP contribution in [0.25, 0.3) is 0 Å². The molecule has 0 aliphatic heterocycles. The second-order valence-electron chi connectivity index (χ2n) is 4.53. The van der Waals surface area contributed by atoms with Crippen LogP contribution < -0.4 is 11.1 Å². The molecule has 3 N–H and O–H groups in total. The molecule has 0 rings (SSSR count). The van der Waals surface area contributed by atoms with Crippen LogP contribution >= 0.6 is 24.8 Å². The fourth-order valence-corrected chi connectivity index (χ4v) is 1.84. The third-order valence-corrected chi connectivity index (χ3v) is 3.02. The van der Waals surface area contributed by atoms with Crippen LogP contribution in [-0.4, -0.2) is 43.0 Å². The molecule has 0 fully saturated rings. The molecule has 0 heterocycles. The Morgan fingerprint density at radius 3 is 2.26 bits per heavy atom. The van der Waals surface area contributed by atoms with Crippen LogP contribution in [0.3, 0.4) is 0 Å². The summed E-state index contributed by atoms with van der Waals surface area (Å²) in [5.74, 6) is 0.130. The molecule has 0 bridgehead atoms. The van der Waals surface area contributed by atoms with E-state index in [2.05, 4.69) is 31.0 Å². The van der Waals surface area contributed by atoms with E-state index in [-0.39, 0.29) is 36.8 Å². The molecule has 4 nitrogen and oxygen atoms in total. The molecule has 0 spiro atoms. The zero-order valence-corrected chi connectivity index (χ0v) is 14.1. The zero-order valence-electron chi connectivity index (χ0n) is 12.5. The van der Waals surface area contributed by atoms with Crippen molar-refractivity contribution in [2.45, 2.75) is 52.5 Å². The molecule has 0 radical (unpaired) electrons. The second-order valence-corrected chi connectivity index (χ2v) is 4.53. The van der Waals surface area contributed by atoms with Crippen LogP contribution in [-0.2, 0) is 4.79 Å². The largest absolute Gasteiger partial charge is 0.354 e. The van der Waals surface area contributed by atoms with Crippen LogP contribution in [0.4, 0.5) is 0 Å². The van der Waals surface area contributed by atoms with Gasteiger partial charge < -0.3 is 16.0 Å². The molecule has 0 saturated carbocycles. The number of hydrogen-bond acceptors (Lipinski definition) is 3. The molecule has 6 heteroatoms. The van der Waals surface area contributed by atoms with Crippen molar-refractivity contribution in [3.05, 3.63) is 0 Å². The molecule has 0 aromatic rings. The highest BCUT2D eigenvalue weighted by atomic mass is 35.5. The van der Waals surface area contributed by atoms with Crippen LogP contribution in [0.5, 0.6) is 0 Å². The number of amides is 1. The quantitative estimate of drug-likeness (QED) is 0.649. The van der Waals surface area contributed by atoms with Crippen molar-refractivity contribution in [3.8, 4) is 0 Å². The first-order valence-electron chi connectivity index (χ1n) is 6.85. The number of halogens is 2. The SMILES string of the molecule is CCN(CC)CCCC(C)NC(=O)CCCN.Cl.Cl. The third kappa shape index (κ3) is 14.2. The Morgan fingerprint density at radius 2 is 1.79 bits per heavy atom. The topological polar surface area (TPSA) is 58.4 Å². The summed E-state index contributed by atoms with van der Waals surface area (Å²) >= 11 is 0. The smallest absolute Gasteiger partial charge is 0.220 e. The Bertz CT molecular complexity index is 202. The maximum atomic E-state index is 11.4. The lowest BCUT2D eigenvalue weighted by molar-refractivity contribution is -0.121. The molecule has 19 heavy (non-hydrogen) atoms. The summed E-state index contributed by atoms with van der Waals surface area (Å²) in [6.07, 6.45) is 3.51. The molecule has 1 amide bonds. The van der Waals surface area contributed by atoms with E-state index in [1.54, 1.807) is 0 Å². The molecule has 0 saturated heterocycles. The number of carbonyl (C=O) groups is 1. The van der Waals surface area contributed by atoms with Crippen molar-refractivity contribution in [2.75, 3.05) is 26.2 Å². The first-order valence-corrected chi connectivity index (χ1v) is 6.85. The molecule has 1 unspecified atom stereocenters. The number of nitrogens with two attached hydrogens (primary N) is 1. The van der Waals surface area contributed by atoms with E-state index >= 15 is 0 Å². The van der Waals surface area contributed by atoms with Crippen molar-refractivity contribution < 1.29 is 4.79 Å². The van der Waals surface area contributed by atoms with Gasteiger partial charge in [-0.15, -0.1) is 24.8 Å². The first kappa shape index (κ1) is 24.0. The van der Waals surface area contributed by atoms with E-state index < -0.39 is 0 Å². The summed E-state index contributed by atoms with van der Waals surface area (Å²) in [4.78, 5) is 13.9. The Labute approximate surface area is 130 Å². The Morgan fingerprint density at radius 1 is 1.21 bits per heavy atom. The van der Waals surface area contributed by atoms with E-state index in [9.17, 15) is 4.79 Å². The standard InChI is InChI=1S/C13H29N3O.2ClH/c1-4-16(5-2)11-7-8-12(3)15-13(17)9-6-10-14;;/h12H,4-11,14H2,1-3H3,(H,15,17);2*1H. The Kier molecular flexibility index (Phi) is 20.3. The van der Waals surface area contributed by atoms with Crippen molar-refractivity contribution in [3.63, 3.8) is 0 Å². The van der Waals surface area contributed by atoms with Gasteiger partial charge in [0, 0.05) is 12.5 Å². The number of hydrogen-bond donors (Lipinski definition) is 2. The second kappa shape index (κ2) is 16.0. The Hall–Kier alpha value is -0.0300. The lowest BCUT2D eigenvalue weighted by atomic mass is 10.1. The van der Waals surface area contributed by atoms with Gasteiger partial charge in [0.25, 0.3) is 0 Å². The van der Waals surface area contributed by atoms with Crippen LogP contribution in [0.15, 0.2) is 0 Å². The van der Waals surface area contributed by atoms with Crippen molar-refractivity contribution in [1.82, 2.24) is 10.2 Å². The lowest BCUT2D eigenvalue weighted by Gasteiger charge is -2.19. The summed E-state index contributed by atoms with van der Waals surface area (Å²) < 4.78 is 0. The van der Waals surface area contributed by atoms with Gasteiger partial charge in [-0.2, -0.15) is 0 Å². The molecule has 0 aromatic carbocycles.